The van der Waals surface area contributed by atoms with Crippen molar-refractivity contribution in [2.45, 2.75) is 31.7 Å². The zero-order valence-electron chi connectivity index (χ0n) is 8.36. The molecule has 1 saturated carbocycles. The Labute approximate surface area is 87.3 Å². The molecular formula is C11H13NO3. The second kappa shape index (κ2) is 4.29. The second-order valence-corrected chi connectivity index (χ2v) is 3.80. The van der Waals surface area contributed by atoms with Crippen molar-refractivity contribution in [3.05, 3.63) is 34.4 Å². The molecule has 2 rings (SSSR count). The Bertz CT molecular complexity index is 384. The molecule has 1 heterocycles. The molecule has 1 aliphatic rings. The first-order chi connectivity index (χ1) is 7.25. The minimum Gasteiger partial charge on any atom is -0.430 e. The summed E-state index contributed by atoms with van der Waals surface area (Å²) in [7, 11) is 0. The molecule has 0 aromatic carbocycles. The first-order valence-electron chi connectivity index (χ1n) is 5.15. The number of rotatable bonds is 2. The zero-order valence-corrected chi connectivity index (χ0v) is 8.36. The molecule has 15 heavy (non-hydrogen) atoms. The van der Waals surface area contributed by atoms with Gasteiger partial charge in [0.2, 0.25) is 0 Å². The molecule has 0 atom stereocenters. The van der Waals surface area contributed by atoms with E-state index < -0.39 is 5.63 Å². The van der Waals surface area contributed by atoms with Gasteiger partial charge in [-0.1, -0.05) is 12.8 Å². The van der Waals surface area contributed by atoms with Gasteiger partial charge in [0.15, 0.2) is 0 Å². The average Bonchev–Trinajstić information content (AvgIpc) is 2.71. The molecule has 0 radical (unpaired) electrons. The van der Waals surface area contributed by atoms with Crippen molar-refractivity contribution in [2.75, 3.05) is 0 Å². The summed E-state index contributed by atoms with van der Waals surface area (Å²) in [6.07, 6.45) is 5.64. The molecule has 80 valence electrons. The molecule has 4 heteroatoms. The van der Waals surface area contributed by atoms with Crippen molar-refractivity contribution in [3.8, 4) is 0 Å². The van der Waals surface area contributed by atoms with Crippen molar-refractivity contribution >= 4 is 5.91 Å². The Balaban J connectivity index is 2.01. The van der Waals surface area contributed by atoms with E-state index in [1.165, 1.54) is 31.2 Å². The topological polar surface area (TPSA) is 59.3 Å². The summed E-state index contributed by atoms with van der Waals surface area (Å²) in [5.41, 5.74) is -0.0334. The van der Waals surface area contributed by atoms with Crippen LogP contribution in [0, 0.1) is 0 Å². The molecule has 0 saturated heterocycles. The fraction of sp³-hybridized carbons (Fsp3) is 0.455. The first-order valence-corrected chi connectivity index (χ1v) is 5.15. The van der Waals surface area contributed by atoms with E-state index >= 15 is 0 Å². The standard InChI is InChI=1S/C11H13NO3/c13-10-6-5-8(7-15-10)11(14)12-9-3-1-2-4-9/h5-7,9H,1-4H2,(H,12,14). The molecule has 0 spiro atoms. The maximum Gasteiger partial charge on any atom is 0.335 e. The van der Waals surface area contributed by atoms with E-state index in [-0.39, 0.29) is 11.9 Å². The highest BCUT2D eigenvalue weighted by molar-refractivity contribution is 5.93. The molecule has 1 fully saturated rings. The molecule has 1 N–H and O–H groups in total. The average molecular weight is 207 g/mol. The van der Waals surface area contributed by atoms with Crippen LogP contribution in [0.3, 0.4) is 0 Å². The summed E-state index contributed by atoms with van der Waals surface area (Å²) >= 11 is 0. The maximum atomic E-state index is 11.6. The van der Waals surface area contributed by atoms with Crippen molar-refractivity contribution in [1.82, 2.24) is 5.32 Å². The lowest BCUT2D eigenvalue weighted by molar-refractivity contribution is 0.0935. The largest absolute Gasteiger partial charge is 0.430 e. The van der Waals surface area contributed by atoms with Crippen LogP contribution >= 0.6 is 0 Å². The number of nitrogens with one attached hydrogen (secondary N) is 1. The van der Waals surface area contributed by atoms with E-state index in [1.54, 1.807) is 0 Å². The molecule has 1 aromatic rings. The Morgan fingerprint density at radius 3 is 2.67 bits per heavy atom. The SMILES string of the molecule is O=C(NC1CCCC1)c1ccc(=O)oc1. The molecule has 4 nitrogen and oxygen atoms in total. The minimum absolute atomic E-state index is 0.161. The molecule has 1 aromatic heterocycles. The van der Waals surface area contributed by atoms with Crippen LogP contribution in [0.4, 0.5) is 0 Å². The Morgan fingerprint density at radius 2 is 2.07 bits per heavy atom. The second-order valence-electron chi connectivity index (χ2n) is 3.80. The summed E-state index contributed by atoms with van der Waals surface area (Å²) in [4.78, 5) is 22.3. The van der Waals surface area contributed by atoms with Crippen LogP contribution in [0.1, 0.15) is 36.0 Å². The molecule has 1 aliphatic carbocycles. The summed E-state index contributed by atoms with van der Waals surface area (Å²) < 4.78 is 4.63. The third-order valence-electron chi connectivity index (χ3n) is 2.65. The monoisotopic (exact) mass is 207 g/mol. The van der Waals surface area contributed by atoms with Gasteiger partial charge in [-0.05, 0) is 18.9 Å². The van der Waals surface area contributed by atoms with Crippen LogP contribution < -0.4 is 10.9 Å². The van der Waals surface area contributed by atoms with Crippen LogP contribution in [-0.4, -0.2) is 11.9 Å². The normalized spacial score (nSPS) is 16.5. The van der Waals surface area contributed by atoms with Gasteiger partial charge in [-0.25, -0.2) is 4.79 Å². The lowest BCUT2D eigenvalue weighted by Crippen LogP contribution is -2.32. The fourth-order valence-electron chi connectivity index (χ4n) is 1.83. The van der Waals surface area contributed by atoms with E-state index in [1.807, 2.05) is 0 Å². The lowest BCUT2D eigenvalue weighted by Gasteiger charge is -2.10. The predicted octanol–water partition coefficient (Wildman–Crippen LogP) is 1.31. The van der Waals surface area contributed by atoms with E-state index in [0.717, 1.165) is 12.8 Å². The molecule has 0 aliphatic heterocycles. The van der Waals surface area contributed by atoms with Crippen molar-refractivity contribution < 1.29 is 9.21 Å². The van der Waals surface area contributed by atoms with E-state index in [4.69, 9.17) is 0 Å². The van der Waals surface area contributed by atoms with Gasteiger partial charge < -0.3 is 9.73 Å². The third kappa shape index (κ3) is 2.46. The van der Waals surface area contributed by atoms with Crippen molar-refractivity contribution in [2.24, 2.45) is 0 Å². The number of hydrogen-bond donors (Lipinski definition) is 1. The third-order valence-corrected chi connectivity index (χ3v) is 2.65. The summed E-state index contributed by atoms with van der Waals surface area (Å²) in [5.74, 6) is -0.161. The van der Waals surface area contributed by atoms with Gasteiger partial charge in [-0.2, -0.15) is 0 Å². The molecule has 0 bridgehead atoms. The highest BCUT2D eigenvalue weighted by atomic mass is 16.4. The van der Waals surface area contributed by atoms with Crippen LogP contribution in [-0.2, 0) is 0 Å². The molecule has 1 amide bonds. The van der Waals surface area contributed by atoms with Crippen molar-refractivity contribution in [3.63, 3.8) is 0 Å². The van der Waals surface area contributed by atoms with Gasteiger partial charge in [0.05, 0.1) is 5.56 Å². The first kappa shape index (κ1) is 9.96. The van der Waals surface area contributed by atoms with Crippen molar-refractivity contribution in [1.29, 1.82) is 0 Å². The number of hydrogen-bond acceptors (Lipinski definition) is 3. The van der Waals surface area contributed by atoms with E-state index in [9.17, 15) is 9.59 Å². The van der Waals surface area contributed by atoms with Crippen LogP contribution in [0.2, 0.25) is 0 Å². The van der Waals surface area contributed by atoms with Crippen LogP contribution in [0.25, 0.3) is 0 Å². The van der Waals surface area contributed by atoms with Gasteiger partial charge >= 0.3 is 5.63 Å². The molecular weight excluding hydrogens is 194 g/mol. The fourth-order valence-corrected chi connectivity index (χ4v) is 1.83. The predicted molar refractivity (Wildman–Crippen MR) is 54.7 cm³/mol. The summed E-state index contributed by atoms with van der Waals surface area (Å²) in [5, 5.41) is 2.91. The van der Waals surface area contributed by atoms with Gasteiger partial charge in [-0.15, -0.1) is 0 Å². The zero-order chi connectivity index (χ0) is 10.7. The van der Waals surface area contributed by atoms with E-state index in [2.05, 4.69) is 9.73 Å². The Hall–Kier alpha value is -1.58. The Kier molecular flexibility index (Phi) is 2.85. The molecule has 0 unspecified atom stereocenters. The van der Waals surface area contributed by atoms with Gasteiger partial charge in [0.25, 0.3) is 5.91 Å². The van der Waals surface area contributed by atoms with Gasteiger partial charge in [-0.3, -0.25) is 4.79 Å². The number of carbonyl (C=O) groups is 1. The van der Waals surface area contributed by atoms with E-state index in [0.29, 0.717) is 5.56 Å². The highest BCUT2D eigenvalue weighted by Gasteiger charge is 2.17. The lowest BCUT2D eigenvalue weighted by atomic mass is 10.2. The van der Waals surface area contributed by atoms with Crippen LogP contribution in [0.15, 0.2) is 27.6 Å². The smallest absolute Gasteiger partial charge is 0.335 e. The minimum atomic E-state index is -0.438. The number of carbonyl (C=O) groups excluding carboxylic acids is 1. The maximum absolute atomic E-state index is 11.6. The number of amides is 1. The van der Waals surface area contributed by atoms with Crippen LogP contribution in [0.5, 0.6) is 0 Å². The summed E-state index contributed by atoms with van der Waals surface area (Å²) in [6, 6.07) is 3.02. The quantitative estimate of drug-likeness (QED) is 0.795. The Morgan fingerprint density at radius 1 is 1.33 bits per heavy atom. The van der Waals surface area contributed by atoms with Gasteiger partial charge in [0.1, 0.15) is 6.26 Å². The highest BCUT2D eigenvalue weighted by Crippen LogP contribution is 2.17. The van der Waals surface area contributed by atoms with Gasteiger partial charge in [0, 0.05) is 12.1 Å². The summed E-state index contributed by atoms with van der Waals surface area (Å²) in [6.45, 7) is 0.